The number of nitrogens with one attached hydrogen (secondary N) is 1. The monoisotopic (exact) mass is 412 g/mol. The number of hydrogen-bond donors (Lipinski definition) is 2. The van der Waals surface area contributed by atoms with Crippen molar-refractivity contribution in [2.45, 2.75) is 31.6 Å². The van der Waals surface area contributed by atoms with Crippen LogP contribution in [0.2, 0.25) is 0 Å². The lowest BCUT2D eigenvalue weighted by molar-refractivity contribution is 0.0526. The van der Waals surface area contributed by atoms with E-state index in [-0.39, 0.29) is 18.4 Å². The molecule has 2 heterocycles. The molecule has 0 unspecified atom stereocenters. The summed E-state index contributed by atoms with van der Waals surface area (Å²) in [6, 6.07) is 3.00. The fourth-order valence-electron chi connectivity index (χ4n) is 3.28. The van der Waals surface area contributed by atoms with E-state index >= 15 is 0 Å². The van der Waals surface area contributed by atoms with Crippen LogP contribution in [0.25, 0.3) is 5.70 Å². The molecule has 1 saturated carbocycles. The van der Waals surface area contributed by atoms with Gasteiger partial charge in [-0.3, -0.25) is 9.98 Å². The van der Waals surface area contributed by atoms with Gasteiger partial charge in [0.25, 0.3) is 0 Å². The van der Waals surface area contributed by atoms with Crippen molar-refractivity contribution in [3.8, 4) is 0 Å². The number of hydrogen-bond acceptors (Lipinski definition) is 5. The molecule has 0 amide bonds. The Balaban J connectivity index is 1.68. The lowest BCUT2D eigenvalue weighted by atomic mass is 9.66. The second-order valence-corrected chi connectivity index (χ2v) is 6.98. The molecule has 0 aromatic carbocycles. The van der Waals surface area contributed by atoms with Crippen LogP contribution in [0.3, 0.4) is 0 Å². The molecule has 30 heavy (non-hydrogen) atoms. The summed E-state index contributed by atoms with van der Waals surface area (Å²) in [6.45, 7) is 6.11. The van der Waals surface area contributed by atoms with E-state index in [4.69, 9.17) is 10.5 Å². The topological polar surface area (TPSA) is 107 Å². The van der Waals surface area contributed by atoms with Crippen LogP contribution in [-0.4, -0.2) is 39.8 Å². The van der Waals surface area contributed by atoms with Crippen LogP contribution in [0.5, 0.6) is 0 Å². The van der Waals surface area contributed by atoms with Gasteiger partial charge in [-0.2, -0.15) is 5.10 Å². The van der Waals surface area contributed by atoms with Crippen LogP contribution in [0.1, 0.15) is 42.2 Å². The first kappa shape index (κ1) is 21.2. The predicted molar refractivity (Wildman–Crippen MR) is 112 cm³/mol. The van der Waals surface area contributed by atoms with Crippen LogP contribution in [0.15, 0.2) is 54.6 Å². The third-order valence-corrected chi connectivity index (χ3v) is 5.06. The molecule has 3 rings (SSSR count). The summed E-state index contributed by atoms with van der Waals surface area (Å²) < 4.78 is 20.6. The fraction of sp³-hybridized carbons (Fsp3) is 0.333. The van der Waals surface area contributed by atoms with Gasteiger partial charge in [0.15, 0.2) is 5.96 Å². The molecule has 0 spiro atoms. The third-order valence-electron chi connectivity index (χ3n) is 5.06. The number of carbonyl (C=O) groups excluding carboxylic acids is 1. The number of esters is 1. The molecule has 0 bridgehead atoms. The van der Waals surface area contributed by atoms with Gasteiger partial charge < -0.3 is 15.8 Å². The average Bonchev–Trinajstić information content (AvgIpc) is 3.19. The predicted octanol–water partition coefficient (Wildman–Crippen LogP) is 2.60. The Kier molecular flexibility index (Phi) is 6.61. The van der Waals surface area contributed by atoms with E-state index in [1.165, 1.54) is 23.1 Å². The minimum Gasteiger partial charge on any atom is -0.462 e. The van der Waals surface area contributed by atoms with Gasteiger partial charge >= 0.3 is 5.97 Å². The number of guanidine groups is 1. The van der Waals surface area contributed by atoms with Gasteiger partial charge in [0.1, 0.15) is 5.82 Å². The van der Waals surface area contributed by atoms with E-state index in [9.17, 15) is 9.18 Å². The molecule has 8 nitrogen and oxygen atoms in total. The van der Waals surface area contributed by atoms with Gasteiger partial charge in [0, 0.05) is 24.0 Å². The van der Waals surface area contributed by atoms with Gasteiger partial charge in [-0.05, 0) is 38.0 Å². The highest BCUT2D eigenvalue weighted by molar-refractivity contribution is 5.89. The lowest BCUT2D eigenvalue weighted by Crippen LogP contribution is -2.40. The van der Waals surface area contributed by atoms with E-state index < -0.39 is 11.4 Å². The van der Waals surface area contributed by atoms with E-state index in [1.807, 2.05) is 0 Å². The largest absolute Gasteiger partial charge is 0.462 e. The maximum atomic E-state index is 14.2. The van der Waals surface area contributed by atoms with Gasteiger partial charge in [-0.25, -0.2) is 13.9 Å². The van der Waals surface area contributed by atoms with Crippen molar-refractivity contribution in [2.24, 2.45) is 10.7 Å². The number of pyridine rings is 1. The lowest BCUT2D eigenvalue weighted by Gasteiger charge is -2.40. The van der Waals surface area contributed by atoms with E-state index in [1.54, 1.807) is 31.5 Å². The Morgan fingerprint density at radius 2 is 2.33 bits per heavy atom. The second kappa shape index (κ2) is 9.34. The number of allylic oxidation sites excluding steroid dienone is 2. The number of aromatic nitrogens is 3. The fourth-order valence-corrected chi connectivity index (χ4v) is 3.28. The molecule has 0 saturated heterocycles. The van der Waals surface area contributed by atoms with Gasteiger partial charge in [-0.15, -0.1) is 0 Å². The summed E-state index contributed by atoms with van der Waals surface area (Å²) >= 11 is 0. The van der Waals surface area contributed by atoms with Crippen molar-refractivity contribution in [1.29, 1.82) is 0 Å². The van der Waals surface area contributed by atoms with Crippen molar-refractivity contribution in [3.05, 3.63) is 66.7 Å². The quantitative estimate of drug-likeness (QED) is 0.299. The van der Waals surface area contributed by atoms with Gasteiger partial charge in [0.2, 0.25) is 0 Å². The number of rotatable bonds is 8. The Hall–Kier alpha value is -3.49. The number of nitrogens with zero attached hydrogens (tertiary/aromatic N) is 4. The molecule has 2 aromatic rings. The Bertz CT molecular complexity index is 977. The highest BCUT2D eigenvalue weighted by atomic mass is 19.1. The summed E-state index contributed by atoms with van der Waals surface area (Å²) in [4.78, 5) is 20.4. The maximum absolute atomic E-state index is 14.2. The molecule has 1 fully saturated rings. The van der Waals surface area contributed by atoms with Crippen molar-refractivity contribution in [2.75, 3.05) is 13.2 Å². The molecule has 1 aliphatic rings. The van der Waals surface area contributed by atoms with Crippen LogP contribution in [-0.2, 0) is 10.2 Å². The summed E-state index contributed by atoms with van der Waals surface area (Å²) in [5.41, 5.74) is 6.90. The van der Waals surface area contributed by atoms with E-state index in [0.717, 1.165) is 19.3 Å². The molecule has 0 atom stereocenters. The molecule has 3 N–H and O–H groups in total. The smallest absolute Gasteiger partial charge is 0.341 e. The zero-order chi connectivity index (χ0) is 21.6. The highest BCUT2D eigenvalue weighted by Crippen LogP contribution is 2.43. The van der Waals surface area contributed by atoms with Crippen molar-refractivity contribution in [1.82, 2.24) is 20.1 Å². The Labute approximate surface area is 174 Å². The van der Waals surface area contributed by atoms with Crippen LogP contribution in [0, 0.1) is 5.82 Å². The first-order valence-corrected chi connectivity index (χ1v) is 9.71. The van der Waals surface area contributed by atoms with Crippen molar-refractivity contribution in [3.63, 3.8) is 0 Å². The molecule has 158 valence electrons. The van der Waals surface area contributed by atoms with Crippen LogP contribution in [0.4, 0.5) is 4.39 Å². The third kappa shape index (κ3) is 4.56. The minimum atomic E-state index is -0.450. The highest BCUT2D eigenvalue weighted by Gasteiger charge is 2.41. The normalized spacial score (nSPS) is 15.9. The van der Waals surface area contributed by atoms with E-state index in [0.29, 0.717) is 23.5 Å². The second-order valence-electron chi connectivity index (χ2n) is 6.98. The number of carbonyl (C=O) groups is 1. The number of halogens is 1. The summed E-state index contributed by atoms with van der Waals surface area (Å²) in [5, 5.41) is 7.02. The Morgan fingerprint density at radius 1 is 1.53 bits per heavy atom. The molecule has 9 heteroatoms. The van der Waals surface area contributed by atoms with Gasteiger partial charge in [-0.1, -0.05) is 13.0 Å². The summed E-state index contributed by atoms with van der Waals surface area (Å²) in [6.07, 6.45) is 10.3. The maximum Gasteiger partial charge on any atom is 0.341 e. The van der Waals surface area contributed by atoms with Crippen LogP contribution < -0.4 is 11.1 Å². The zero-order valence-corrected chi connectivity index (χ0v) is 16.8. The van der Waals surface area contributed by atoms with Gasteiger partial charge in [0.05, 0.1) is 36.3 Å². The molecule has 0 aliphatic heterocycles. The number of ether oxygens (including phenoxy) is 1. The van der Waals surface area contributed by atoms with Crippen molar-refractivity contribution < 1.29 is 13.9 Å². The first-order chi connectivity index (χ1) is 14.5. The first-order valence-electron chi connectivity index (χ1n) is 9.71. The number of aliphatic imine (C=N–C) groups is 1. The minimum absolute atomic E-state index is 0.176. The molecule has 2 aromatic heterocycles. The summed E-state index contributed by atoms with van der Waals surface area (Å²) in [5.74, 6) is -0.590. The van der Waals surface area contributed by atoms with E-state index in [2.05, 4.69) is 27.0 Å². The Morgan fingerprint density at radius 3 is 2.97 bits per heavy atom. The molecule has 0 radical (unpaired) electrons. The number of nitrogens with two attached hydrogens (primary N) is 1. The molecular weight excluding hydrogens is 387 g/mol. The average molecular weight is 412 g/mol. The SMILES string of the molecule is C=C/C(=C\NC(N)=NCC1(c2ncccc2F)CCC1)n1cc(C(=O)OCC)cn1. The molecular formula is C21H25FN6O2. The van der Waals surface area contributed by atoms with Crippen molar-refractivity contribution >= 4 is 17.6 Å². The zero-order valence-electron chi connectivity index (χ0n) is 16.8. The standard InChI is InChI=1S/C21H25FN6O2/c1-3-16(28-13-15(11-27-28)19(29)30-4-2)12-25-20(23)26-14-21(8-6-9-21)18-17(22)7-5-10-24-18/h3,5,7,10-13H,1,4,6,8-9,14H2,2H3,(H3,23,25,26)/b16-12+. The van der Waals surface area contributed by atoms with Crippen LogP contribution >= 0.6 is 0 Å². The summed E-state index contributed by atoms with van der Waals surface area (Å²) in [7, 11) is 0. The molecule has 1 aliphatic carbocycles.